The molecule has 1 aliphatic rings. The largest absolute Gasteiger partial charge is 0.294 e. The third-order valence-electron chi connectivity index (χ3n) is 2.94. The van der Waals surface area contributed by atoms with Gasteiger partial charge in [0.15, 0.2) is 5.78 Å². The maximum absolute atomic E-state index is 11.9. The van der Waals surface area contributed by atoms with Crippen molar-refractivity contribution in [1.82, 2.24) is 0 Å². The Hall–Kier alpha value is -0.820. The van der Waals surface area contributed by atoms with E-state index < -0.39 is 0 Å². The fourth-order valence-electron chi connectivity index (χ4n) is 1.76. The fourth-order valence-corrected chi connectivity index (χ4v) is 1.95. The van der Waals surface area contributed by atoms with Gasteiger partial charge in [0.1, 0.15) is 0 Å². The molecule has 0 radical (unpaired) electrons. The van der Waals surface area contributed by atoms with E-state index in [0.29, 0.717) is 5.02 Å². The van der Waals surface area contributed by atoms with Crippen molar-refractivity contribution in [3.05, 3.63) is 34.9 Å². The van der Waals surface area contributed by atoms with Crippen LogP contribution in [-0.2, 0) is 0 Å². The molecule has 0 bridgehead atoms. The van der Waals surface area contributed by atoms with Crippen LogP contribution in [0.3, 0.4) is 0 Å². The molecule has 0 aliphatic heterocycles. The molecule has 14 heavy (non-hydrogen) atoms. The van der Waals surface area contributed by atoms with Gasteiger partial charge in [-0.15, -0.1) is 0 Å². The van der Waals surface area contributed by atoms with Gasteiger partial charge in [0, 0.05) is 16.5 Å². The van der Waals surface area contributed by atoms with Gasteiger partial charge in [0.2, 0.25) is 0 Å². The molecule has 0 saturated heterocycles. The summed E-state index contributed by atoms with van der Waals surface area (Å²) < 4.78 is 0. The van der Waals surface area contributed by atoms with Crippen molar-refractivity contribution < 1.29 is 4.79 Å². The number of carbonyl (C=O) groups excluding carboxylic acids is 1. The van der Waals surface area contributed by atoms with Crippen molar-refractivity contribution in [3.63, 3.8) is 0 Å². The Morgan fingerprint density at radius 1 is 1.50 bits per heavy atom. The Morgan fingerprint density at radius 3 is 2.64 bits per heavy atom. The topological polar surface area (TPSA) is 17.1 Å². The summed E-state index contributed by atoms with van der Waals surface area (Å²) in [6.45, 7) is 4.25. The highest BCUT2D eigenvalue weighted by Crippen LogP contribution is 2.53. The molecule has 2 heteroatoms. The second-order valence-corrected chi connectivity index (χ2v) is 5.06. The van der Waals surface area contributed by atoms with Crippen molar-refractivity contribution in [1.29, 1.82) is 0 Å². The van der Waals surface area contributed by atoms with Crippen LogP contribution in [0.15, 0.2) is 24.3 Å². The first-order valence-corrected chi connectivity index (χ1v) is 5.18. The first kappa shape index (κ1) is 9.72. The molecule has 2 rings (SSSR count). The number of halogens is 1. The van der Waals surface area contributed by atoms with Crippen LogP contribution in [0.25, 0.3) is 0 Å². The van der Waals surface area contributed by atoms with Gasteiger partial charge < -0.3 is 0 Å². The fraction of sp³-hybridized carbons (Fsp3) is 0.417. The molecule has 0 spiro atoms. The Bertz CT molecular complexity index is 382. The molecule has 1 saturated carbocycles. The van der Waals surface area contributed by atoms with Crippen LogP contribution in [0.1, 0.15) is 30.6 Å². The highest BCUT2D eigenvalue weighted by Gasteiger charge is 2.50. The number of benzene rings is 1. The van der Waals surface area contributed by atoms with E-state index in [9.17, 15) is 4.79 Å². The molecule has 1 aromatic carbocycles. The molecule has 1 fully saturated rings. The number of Topliss-reactive ketones (excluding diaryl/α,β-unsaturated/α-hetero) is 1. The van der Waals surface area contributed by atoms with E-state index in [1.807, 2.05) is 12.1 Å². The van der Waals surface area contributed by atoms with Crippen LogP contribution in [0.4, 0.5) is 0 Å². The summed E-state index contributed by atoms with van der Waals surface area (Å²) in [6.07, 6.45) is 0.998. The van der Waals surface area contributed by atoms with Crippen molar-refractivity contribution in [2.45, 2.75) is 20.3 Å². The minimum Gasteiger partial charge on any atom is -0.294 e. The lowest BCUT2D eigenvalue weighted by atomic mass is 10.0. The molecule has 1 nitrogen and oxygen atoms in total. The zero-order valence-electron chi connectivity index (χ0n) is 8.38. The number of hydrogen-bond donors (Lipinski definition) is 0. The molecule has 0 N–H and O–H groups in total. The summed E-state index contributed by atoms with van der Waals surface area (Å²) in [5, 5.41) is 0.634. The first-order chi connectivity index (χ1) is 6.50. The van der Waals surface area contributed by atoms with E-state index in [4.69, 9.17) is 11.6 Å². The lowest BCUT2D eigenvalue weighted by Gasteiger charge is -2.03. The SMILES string of the molecule is CC1(C)CC1C(=O)c1cccc(Cl)c1. The van der Waals surface area contributed by atoms with E-state index in [-0.39, 0.29) is 17.1 Å². The summed E-state index contributed by atoms with van der Waals surface area (Å²) in [4.78, 5) is 11.9. The van der Waals surface area contributed by atoms with E-state index in [0.717, 1.165) is 12.0 Å². The predicted octanol–water partition coefficient (Wildman–Crippen LogP) is 3.57. The second-order valence-electron chi connectivity index (χ2n) is 4.62. The van der Waals surface area contributed by atoms with Crippen molar-refractivity contribution in [3.8, 4) is 0 Å². The minimum absolute atomic E-state index is 0.194. The molecule has 1 aliphatic carbocycles. The Morgan fingerprint density at radius 2 is 2.14 bits per heavy atom. The van der Waals surface area contributed by atoms with Crippen molar-refractivity contribution >= 4 is 17.4 Å². The zero-order valence-corrected chi connectivity index (χ0v) is 9.14. The molecule has 0 heterocycles. The summed E-state index contributed by atoms with van der Waals surface area (Å²) in [5.74, 6) is 0.429. The van der Waals surface area contributed by atoms with Crippen molar-refractivity contribution in [2.24, 2.45) is 11.3 Å². The molecule has 1 unspecified atom stereocenters. The highest BCUT2D eigenvalue weighted by molar-refractivity contribution is 6.31. The van der Waals surface area contributed by atoms with Crippen LogP contribution < -0.4 is 0 Å². The van der Waals surface area contributed by atoms with Crippen LogP contribution in [-0.4, -0.2) is 5.78 Å². The molecule has 1 aromatic rings. The van der Waals surface area contributed by atoms with Gasteiger partial charge >= 0.3 is 0 Å². The average Bonchev–Trinajstić information content (AvgIpc) is 2.74. The number of ketones is 1. The molecule has 74 valence electrons. The second kappa shape index (κ2) is 3.09. The predicted molar refractivity (Wildman–Crippen MR) is 57.7 cm³/mol. The van der Waals surface area contributed by atoms with Gasteiger partial charge in [0.25, 0.3) is 0 Å². The van der Waals surface area contributed by atoms with Crippen LogP contribution in [0.5, 0.6) is 0 Å². The Labute approximate surface area is 89.1 Å². The van der Waals surface area contributed by atoms with Gasteiger partial charge in [-0.1, -0.05) is 37.6 Å². The lowest BCUT2D eigenvalue weighted by Crippen LogP contribution is -2.06. The smallest absolute Gasteiger partial charge is 0.166 e. The van der Waals surface area contributed by atoms with Gasteiger partial charge in [-0.3, -0.25) is 4.79 Å². The monoisotopic (exact) mass is 208 g/mol. The molecule has 0 aromatic heterocycles. The van der Waals surface area contributed by atoms with Crippen molar-refractivity contribution in [2.75, 3.05) is 0 Å². The van der Waals surface area contributed by atoms with E-state index in [1.165, 1.54) is 0 Å². The van der Waals surface area contributed by atoms with Crippen LogP contribution in [0, 0.1) is 11.3 Å². The summed E-state index contributed by atoms with van der Waals surface area (Å²) in [7, 11) is 0. The van der Waals surface area contributed by atoms with Crippen LogP contribution in [0.2, 0.25) is 5.02 Å². The number of hydrogen-bond acceptors (Lipinski definition) is 1. The average molecular weight is 209 g/mol. The van der Waals surface area contributed by atoms with Gasteiger partial charge in [0.05, 0.1) is 0 Å². The third-order valence-corrected chi connectivity index (χ3v) is 3.17. The summed E-state index contributed by atoms with van der Waals surface area (Å²) >= 11 is 5.83. The van der Waals surface area contributed by atoms with Gasteiger partial charge in [-0.05, 0) is 24.0 Å². The van der Waals surface area contributed by atoms with Crippen LogP contribution >= 0.6 is 11.6 Å². The molecular weight excluding hydrogens is 196 g/mol. The zero-order chi connectivity index (χ0) is 10.3. The number of carbonyl (C=O) groups is 1. The number of rotatable bonds is 2. The van der Waals surface area contributed by atoms with E-state index in [1.54, 1.807) is 12.1 Å². The van der Waals surface area contributed by atoms with E-state index in [2.05, 4.69) is 13.8 Å². The Kier molecular flexibility index (Phi) is 2.15. The third kappa shape index (κ3) is 1.69. The first-order valence-electron chi connectivity index (χ1n) is 4.80. The minimum atomic E-state index is 0.194. The highest BCUT2D eigenvalue weighted by atomic mass is 35.5. The maximum atomic E-state index is 11.9. The molecule has 0 amide bonds. The van der Waals surface area contributed by atoms with E-state index >= 15 is 0 Å². The maximum Gasteiger partial charge on any atom is 0.166 e. The van der Waals surface area contributed by atoms with Gasteiger partial charge in [-0.2, -0.15) is 0 Å². The van der Waals surface area contributed by atoms with Gasteiger partial charge in [-0.25, -0.2) is 0 Å². The summed E-state index contributed by atoms with van der Waals surface area (Å²) in [5.41, 5.74) is 0.937. The normalized spacial score (nSPS) is 23.2. The standard InChI is InChI=1S/C12H13ClO/c1-12(2)7-10(12)11(14)8-4-3-5-9(13)6-8/h3-6,10H,7H2,1-2H3. The quantitative estimate of drug-likeness (QED) is 0.680. The molecule has 1 atom stereocenters. The summed E-state index contributed by atoms with van der Waals surface area (Å²) in [6, 6.07) is 7.20. The molecular formula is C12H13ClO. The Balaban J connectivity index is 2.21. The lowest BCUT2D eigenvalue weighted by molar-refractivity contribution is 0.0953.